The first-order chi connectivity index (χ1) is 9.74. The Morgan fingerprint density at radius 2 is 2.05 bits per heavy atom. The van der Waals surface area contributed by atoms with Crippen molar-refractivity contribution in [1.82, 2.24) is 9.97 Å². The Morgan fingerprint density at radius 1 is 1.30 bits per heavy atom. The summed E-state index contributed by atoms with van der Waals surface area (Å²) in [5.74, 6) is 0.00631. The third kappa shape index (κ3) is 3.23. The fraction of sp³-hybridized carbons (Fsp3) is 0.214. The Kier molecular flexibility index (Phi) is 4.49. The summed E-state index contributed by atoms with van der Waals surface area (Å²) in [6, 6.07) is 7.67. The zero-order valence-corrected chi connectivity index (χ0v) is 11.3. The topological polar surface area (TPSA) is 87.6 Å². The van der Waals surface area contributed by atoms with Crippen LogP contribution in [0, 0.1) is 0 Å². The fourth-order valence-corrected chi connectivity index (χ4v) is 1.90. The molecule has 0 fully saturated rings. The first kappa shape index (κ1) is 13.8. The quantitative estimate of drug-likeness (QED) is 0.373. The number of anilines is 1. The van der Waals surface area contributed by atoms with Crippen molar-refractivity contribution in [2.45, 2.75) is 13.5 Å². The first-order valence-electron chi connectivity index (χ1n) is 6.32. The van der Waals surface area contributed by atoms with Crippen molar-refractivity contribution >= 4 is 11.5 Å². The maximum Gasteiger partial charge on any atom is 0.188 e. The van der Waals surface area contributed by atoms with Crippen molar-refractivity contribution in [2.75, 3.05) is 11.4 Å². The third-order valence-corrected chi connectivity index (χ3v) is 2.98. The van der Waals surface area contributed by atoms with E-state index in [9.17, 15) is 0 Å². The normalized spacial score (nSPS) is 11.3. The summed E-state index contributed by atoms with van der Waals surface area (Å²) in [4.78, 5) is 10.3. The molecule has 0 radical (unpaired) electrons. The Labute approximate surface area is 117 Å². The van der Waals surface area contributed by atoms with Gasteiger partial charge in [-0.25, -0.2) is 0 Å². The summed E-state index contributed by atoms with van der Waals surface area (Å²) in [5.41, 5.74) is 8.17. The largest absolute Gasteiger partial charge is 0.409 e. The molecule has 0 aliphatic rings. The zero-order valence-electron chi connectivity index (χ0n) is 11.3. The van der Waals surface area contributed by atoms with Crippen LogP contribution in [0.5, 0.6) is 0 Å². The van der Waals surface area contributed by atoms with Gasteiger partial charge >= 0.3 is 0 Å². The number of hydrogen-bond acceptors (Lipinski definition) is 5. The van der Waals surface area contributed by atoms with E-state index in [0.717, 1.165) is 18.8 Å². The molecular formula is C14H17N5O. The number of rotatable bonds is 5. The SMILES string of the molecule is CCN(Cc1ccncc1)c1ccnc(C(N)=NO)c1. The average Bonchev–Trinajstić information content (AvgIpc) is 2.53. The van der Waals surface area contributed by atoms with Crippen LogP contribution in [0.4, 0.5) is 5.69 Å². The van der Waals surface area contributed by atoms with Gasteiger partial charge in [-0.1, -0.05) is 5.16 Å². The molecule has 0 aliphatic carbocycles. The highest BCUT2D eigenvalue weighted by Gasteiger charge is 2.08. The van der Waals surface area contributed by atoms with E-state index in [4.69, 9.17) is 10.9 Å². The van der Waals surface area contributed by atoms with Crippen molar-refractivity contribution in [3.8, 4) is 0 Å². The summed E-state index contributed by atoms with van der Waals surface area (Å²) in [7, 11) is 0. The van der Waals surface area contributed by atoms with Crippen molar-refractivity contribution < 1.29 is 5.21 Å². The van der Waals surface area contributed by atoms with Gasteiger partial charge < -0.3 is 15.8 Å². The molecule has 2 rings (SSSR count). The molecule has 0 saturated heterocycles. The smallest absolute Gasteiger partial charge is 0.188 e. The van der Waals surface area contributed by atoms with Gasteiger partial charge in [0, 0.05) is 37.4 Å². The number of nitrogens with zero attached hydrogens (tertiary/aromatic N) is 4. The lowest BCUT2D eigenvalue weighted by Gasteiger charge is -2.23. The molecule has 104 valence electrons. The molecule has 2 heterocycles. The first-order valence-corrected chi connectivity index (χ1v) is 6.32. The molecule has 20 heavy (non-hydrogen) atoms. The van der Waals surface area contributed by atoms with Crippen LogP contribution in [0.2, 0.25) is 0 Å². The van der Waals surface area contributed by atoms with E-state index in [0.29, 0.717) is 5.69 Å². The highest BCUT2D eigenvalue weighted by molar-refractivity contribution is 5.95. The van der Waals surface area contributed by atoms with Gasteiger partial charge in [0.25, 0.3) is 0 Å². The van der Waals surface area contributed by atoms with Gasteiger partial charge in [0.15, 0.2) is 5.84 Å². The second kappa shape index (κ2) is 6.51. The summed E-state index contributed by atoms with van der Waals surface area (Å²) < 4.78 is 0. The van der Waals surface area contributed by atoms with E-state index in [1.807, 2.05) is 18.2 Å². The van der Waals surface area contributed by atoms with Crippen molar-refractivity contribution in [2.24, 2.45) is 10.9 Å². The van der Waals surface area contributed by atoms with Gasteiger partial charge in [0.1, 0.15) is 5.69 Å². The highest BCUT2D eigenvalue weighted by Crippen LogP contribution is 2.17. The van der Waals surface area contributed by atoms with Gasteiger partial charge in [-0.05, 0) is 36.8 Å². The fourth-order valence-electron chi connectivity index (χ4n) is 1.90. The van der Waals surface area contributed by atoms with Crippen LogP contribution in [0.3, 0.4) is 0 Å². The lowest BCUT2D eigenvalue weighted by molar-refractivity contribution is 0.318. The second-order valence-corrected chi connectivity index (χ2v) is 4.25. The van der Waals surface area contributed by atoms with E-state index in [-0.39, 0.29) is 5.84 Å². The molecule has 0 aliphatic heterocycles. The molecule has 0 atom stereocenters. The molecule has 0 saturated carbocycles. The maximum atomic E-state index is 8.71. The molecule has 0 unspecified atom stereocenters. The van der Waals surface area contributed by atoms with Crippen molar-refractivity contribution in [3.05, 3.63) is 54.1 Å². The second-order valence-electron chi connectivity index (χ2n) is 4.25. The minimum absolute atomic E-state index is 0.00631. The number of hydrogen-bond donors (Lipinski definition) is 2. The lowest BCUT2D eigenvalue weighted by Crippen LogP contribution is -2.23. The lowest BCUT2D eigenvalue weighted by atomic mass is 10.2. The Hall–Kier alpha value is -2.63. The van der Waals surface area contributed by atoms with Crippen molar-refractivity contribution in [3.63, 3.8) is 0 Å². The van der Waals surface area contributed by atoms with Gasteiger partial charge in [-0.3, -0.25) is 9.97 Å². The zero-order chi connectivity index (χ0) is 14.4. The number of nitrogens with two attached hydrogens (primary N) is 1. The molecule has 2 aromatic heterocycles. The van der Waals surface area contributed by atoms with Crippen LogP contribution in [0.15, 0.2) is 48.0 Å². The van der Waals surface area contributed by atoms with Crippen molar-refractivity contribution in [1.29, 1.82) is 0 Å². The summed E-state index contributed by atoms with van der Waals surface area (Å²) >= 11 is 0. The summed E-state index contributed by atoms with van der Waals surface area (Å²) in [5, 5.41) is 11.7. The minimum atomic E-state index is 0.00631. The van der Waals surface area contributed by atoms with Crippen LogP contribution in [-0.4, -0.2) is 27.6 Å². The number of pyridine rings is 2. The Balaban J connectivity index is 2.23. The minimum Gasteiger partial charge on any atom is -0.409 e. The number of aromatic nitrogens is 2. The highest BCUT2D eigenvalue weighted by atomic mass is 16.4. The molecule has 0 amide bonds. The van der Waals surface area contributed by atoms with Crippen LogP contribution in [-0.2, 0) is 6.54 Å². The Bertz CT molecular complexity index is 585. The van der Waals surface area contributed by atoms with Gasteiger partial charge in [0.2, 0.25) is 0 Å². The van der Waals surface area contributed by atoms with Crippen LogP contribution in [0.1, 0.15) is 18.2 Å². The van der Waals surface area contributed by atoms with Gasteiger partial charge in [0.05, 0.1) is 0 Å². The van der Waals surface area contributed by atoms with E-state index < -0.39 is 0 Å². The predicted octanol–water partition coefficient (Wildman–Crippen LogP) is 1.60. The standard InChI is InChI=1S/C14H17N5O/c1-2-19(10-11-3-6-16-7-4-11)12-5-8-17-13(9-12)14(15)18-20/h3-9,20H,2,10H2,1H3,(H2,15,18). The van der Waals surface area contributed by atoms with E-state index in [1.54, 1.807) is 24.7 Å². The molecule has 6 nitrogen and oxygen atoms in total. The van der Waals surface area contributed by atoms with Crippen LogP contribution >= 0.6 is 0 Å². The molecular weight excluding hydrogens is 254 g/mol. The molecule has 3 N–H and O–H groups in total. The van der Waals surface area contributed by atoms with Gasteiger partial charge in [-0.15, -0.1) is 0 Å². The molecule has 6 heteroatoms. The predicted molar refractivity (Wildman–Crippen MR) is 77.7 cm³/mol. The molecule has 2 aromatic rings. The molecule has 0 aromatic carbocycles. The van der Waals surface area contributed by atoms with Crippen LogP contribution in [0.25, 0.3) is 0 Å². The molecule has 0 spiro atoms. The summed E-state index contributed by atoms with van der Waals surface area (Å²) in [6.45, 7) is 3.67. The van der Waals surface area contributed by atoms with E-state index in [2.05, 4.69) is 26.9 Å². The van der Waals surface area contributed by atoms with Gasteiger partial charge in [-0.2, -0.15) is 0 Å². The monoisotopic (exact) mass is 271 g/mol. The molecule has 0 bridgehead atoms. The number of oxime groups is 1. The van der Waals surface area contributed by atoms with E-state index >= 15 is 0 Å². The number of amidine groups is 1. The average molecular weight is 271 g/mol. The third-order valence-electron chi connectivity index (χ3n) is 2.98. The van der Waals surface area contributed by atoms with Crippen LogP contribution < -0.4 is 10.6 Å². The van der Waals surface area contributed by atoms with E-state index in [1.165, 1.54) is 5.56 Å². The Morgan fingerprint density at radius 3 is 2.70 bits per heavy atom. The summed E-state index contributed by atoms with van der Waals surface area (Å²) in [6.07, 6.45) is 5.20. The maximum absolute atomic E-state index is 8.71.